The number of aryl methyl sites for hydroxylation is 1. The molecule has 6 nitrogen and oxygen atoms in total. The van der Waals surface area contributed by atoms with E-state index in [-0.39, 0.29) is 11.5 Å². The maximum Gasteiger partial charge on any atom is 0.274 e. The number of anilines is 1. The quantitative estimate of drug-likeness (QED) is 0.595. The Morgan fingerprint density at radius 1 is 1.50 bits per heavy atom. The van der Waals surface area contributed by atoms with Gasteiger partial charge in [-0.05, 0) is 19.3 Å². The lowest BCUT2D eigenvalue weighted by molar-refractivity contribution is 0.845. The van der Waals surface area contributed by atoms with Crippen molar-refractivity contribution >= 4 is 11.7 Å². The minimum Gasteiger partial charge on any atom is -0.288 e. The average molecular weight is 223 g/mol. The molecule has 1 heterocycles. The zero-order valence-corrected chi connectivity index (χ0v) is 10.0. The standard InChI is InChI=1S/C10H17N5O/c1-5-8(6(2)3)13-15-10-11-9(16)7(4)12-14-10/h6H,5H2,1-4H3,(H2,11,14,15,16). The van der Waals surface area contributed by atoms with Gasteiger partial charge in [0.2, 0.25) is 5.95 Å². The van der Waals surface area contributed by atoms with E-state index in [9.17, 15) is 4.79 Å². The number of aromatic amines is 1. The van der Waals surface area contributed by atoms with Gasteiger partial charge < -0.3 is 0 Å². The van der Waals surface area contributed by atoms with Crippen molar-refractivity contribution in [1.82, 2.24) is 15.2 Å². The predicted molar refractivity (Wildman–Crippen MR) is 63.6 cm³/mol. The Kier molecular flexibility index (Phi) is 4.16. The first kappa shape index (κ1) is 12.4. The average Bonchev–Trinajstić information content (AvgIpc) is 2.23. The molecule has 1 rings (SSSR count). The van der Waals surface area contributed by atoms with Gasteiger partial charge in [0.15, 0.2) is 0 Å². The van der Waals surface area contributed by atoms with E-state index in [1.54, 1.807) is 6.92 Å². The molecule has 0 radical (unpaired) electrons. The smallest absolute Gasteiger partial charge is 0.274 e. The second-order valence-electron chi connectivity index (χ2n) is 3.81. The molecular weight excluding hydrogens is 206 g/mol. The van der Waals surface area contributed by atoms with Crippen LogP contribution in [-0.4, -0.2) is 20.9 Å². The number of nitrogens with zero attached hydrogens (tertiary/aromatic N) is 3. The Morgan fingerprint density at radius 2 is 2.19 bits per heavy atom. The minimum absolute atomic E-state index is 0.254. The van der Waals surface area contributed by atoms with Crippen LogP contribution in [0, 0.1) is 12.8 Å². The molecule has 6 heteroatoms. The molecule has 0 aliphatic carbocycles. The van der Waals surface area contributed by atoms with Crippen LogP contribution in [0.5, 0.6) is 0 Å². The fourth-order valence-corrected chi connectivity index (χ4v) is 1.18. The first-order valence-electron chi connectivity index (χ1n) is 5.30. The molecule has 1 aromatic heterocycles. The van der Waals surface area contributed by atoms with Gasteiger partial charge in [-0.15, -0.1) is 10.2 Å². The summed E-state index contributed by atoms with van der Waals surface area (Å²) >= 11 is 0. The van der Waals surface area contributed by atoms with Crippen molar-refractivity contribution in [3.05, 3.63) is 16.0 Å². The van der Waals surface area contributed by atoms with Crippen molar-refractivity contribution in [3.8, 4) is 0 Å². The summed E-state index contributed by atoms with van der Waals surface area (Å²) in [7, 11) is 0. The monoisotopic (exact) mass is 223 g/mol. The number of hydrogen-bond donors (Lipinski definition) is 2. The molecule has 0 saturated carbocycles. The van der Waals surface area contributed by atoms with Gasteiger partial charge in [-0.1, -0.05) is 20.8 Å². The molecule has 0 bridgehead atoms. The van der Waals surface area contributed by atoms with Gasteiger partial charge >= 0.3 is 0 Å². The van der Waals surface area contributed by atoms with Crippen LogP contribution in [0.15, 0.2) is 9.90 Å². The highest BCUT2D eigenvalue weighted by molar-refractivity contribution is 5.86. The van der Waals surface area contributed by atoms with Crippen molar-refractivity contribution < 1.29 is 0 Å². The van der Waals surface area contributed by atoms with Crippen molar-refractivity contribution in [3.63, 3.8) is 0 Å². The van der Waals surface area contributed by atoms with Crippen LogP contribution in [0.3, 0.4) is 0 Å². The molecule has 16 heavy (non-hydrogen) atoms. The fourth-order valence-electron chi connectivity index (χ4n) is 1.18. The van der Waals surface area contributed by atoms with Crippen LogP contribution in [0.25, 0.3) is 0 Å². The van der Waals surface area contributed by atoms with Crippen LogP contribution in [-0.2, 0) is 0 Å². The predicted octanol–water partition coefficient (Wildman–Crippen LogP) is 1.31. The highest BCUT2D eigenvalue weighted by Gasteiger charge is 2.03. The van der Waals surface area contributed by atoms with Gasteiger partial charge in [-0.2, -0.15) is 5.10 Å². The lowest BCUT2D eigenvalue weighted by Gasteiger charge is -2.07. The summed E-state index contributed by atoms with van der Waals surface area (Å²) in [6.07, 6.45) is 0.855. The van der Waals surface area contributed by atoms with Crippen molar-refractivity contribution in [2.24, 2.45) is 11.0 Å². The van der Waals surface area contributed by atoms with E-state index in [1.165, 1.54) is 0 Å². The first-order valence-corrected chi connectivity index (χ1v) is 5.30. The second-order valence-corrected chi connectivity index (χ2v) is 3.81. The number of nitrogens with one attached hydrogen (secondary N) is 2. The highest BCUT2D eigenvalue weighted by Crippen LogP contribution is 2.02. The summed E-state index contributed by atoms with van der Waals surface area (Å²) in [5, 5.41) is 11.7. The number of hydrazone groups is 1. The van der Waals surface area contributed by atoms with Gasteiger partial charge in [0, 0.05) is 5.71 Å². The topological polar surface area (TPSA) is 83.0 Å². The largest absolute Gasteiger partial charge is 0.288 e. The van der Waals surface area contributed by atoms with Crippen LogP contribution < -0.4 is 11.0 Å². The van der Waals surface area contributed by atoms with Gasteiger partial charge in [-0.25, -0.2) is 5.43 Å². The lowest BCUT2D eigenvalue weighted by Crippen LogP contribution is -2.16. The second kappa shape index (κ2) is 5.39. The van der Waals surface area contributed by atoms with Gasteiger partial charge in [0.1, 0.15) is 5.69 Å². The SMILES string of the molecule is CCC(=NNc1nnc(C)c(=O)[nH]1)C(C)C. The normalized spacial score (nSPS) is 11.9. The van der Waals surface area contributed by atoms with Gasteiger partial charge in [0.25, 0.3) is 5.56 Å². The summed E-state index contributed by atoms with van der Waals surface area (Å²) in [6.45, 7) is 7.76. The molecule has 0 saturated heterocycles. The molecule has 0 spiro atoms. The molecule has 0 aromatic carbocycles. The summed E-state index contributed by atoms with van der Waals surface area (Å²) < 4.78 is 0. The zero-order chi connectivity index (χ0) is 12.1. The van der Waals surface area contributed by atoms with Crippen LogP contribution in [0.4, 0.5) is 5.95 Å². The first-order chi connectivity index (χ1) is 7.54. The molecule has 0 aliphatic heterocycles. The van der Waals surface area contributed by atoms with Crippen LogP contribution in [0.2, 0.25) is 0 Å². The molecule has 1 aromatic rings. The van der Waals surface area contributed by atoms with Crippen LogP contribution in [0.1, 0.15) is 32.9 Å². The van der Waals surface area contributed by atoms with E-state index < -0.39 is 0 Å². The van der Waals surface area contributed by atoms with E-state index in [4.69, 9.17) is 0 Å². The van der Waals surface area contributed by atoms with E-state index in [0.29, 0.717) is 11.6 Å². The van der Waals surface area contributed by atoms with Crippen LogP contribution >= 0.6 is 0 Å². The molecule has 0 unspecified atom stereocenters. The summed E-state index contributed by atoms with van der Waals surface area (Å²) in [4.78, 5) is 13.8. The third-order valence-electron chi connectivity index (χ3n) is 2.19. The minimum atomic E-state index is -0.254. The zero-order valence-electron chi connectivity index (χ0n) is 10.0. The maximum absolute atomic E-state index is 11.2. The third-order valence-corrected chi connectivity index (χ3v) is 2.19. The molecule has 0 aliphatic rings. The maximum atomic E-state index is 11.2. The summed E-state index contributed by atoms with van der Waals surface area (Å²) in [5.41, 5.74) is 3.81. The molecule has 0 atom stereocenters. The third kappa shape index (κ3) is 3.15. The van der Waals surface area contributed by atoms with Gasteiger partial charge in [0.05, 0.1) is 0 Å². The van der Waals surface area contributed by atoms with E-state index >= 15 is 0 Å². The lowest BCUT2D eigenvalue weighted by atomic mass is 10.1. The Hall–Kier alpha value is -1.72. The molecule has 2 N–H and O–H groups in total. The Labute approximate surface area is 94.2 Å². The van der Waals surface area contributed by atoms with E-state index in [0.717, 1.165) is 12.1 Å². The summed E-state index contributed by atoms with van der Waals surface area (Å²) in [6, 6.07) is 0. The van der Waals surface area contributed by atoms with Gasteiger partial charge in [-0.3, -0.25) is 9.78 Å². The van der Waals surface area contributed by atoms with E-state index in [1.807, 2.05) is 6.92 Å². The van der Waals surface area contributed by atoms with E-state index in [2.05, 4.69) is 39.6 Å². The Balaban J connectivity index is 2.81. The van der Waals surface area contributed by atoms with Crippen molar-refractivity contribution in [2.45, 2.75) is 34.1 Å². The Morgan fingerprint density at radius 3 is 2.69 bits per heavy atom. The van der Waals surface area contributed by atoms with Crippen molar-refractivity contribution in [2.75, 3.05) is 5.43 Å². The number of aromatic nitrogens is 3. The Bertz CT molecular complexity index is 435. The highest BCUT2D eigenvalue weighted by atomic mass is 16.1. The molecule has 88 valence electrons. The summed E-state index contributed by atoms with van der Waals surface area (Å²) in [5.74, 6) is 0.629. The molecule has 0 fully saturated rings. The number of H-pyrrole nitrogens is 1. The van der Waals surface area contributed by atoms with Crippen molar-refractivity contribution in [1.29, 1.82) is 0 Å². The number of hydrogen-bond acceptors (Lipinski definition) is 5. The number of rotatable bonds is 4. The fraction of sp³-hybridized carbons (Fsp3) is 0.600. The molecule has 0 amide bonds. The molecular formula is C10H17N5O.